The van der Waals surface area contributed by atoms with Crippen molar-refractivity contribution in [3.05, 3.63) is 24.3 Å². The number of hydrogen-bond acceptors (Lipinski definition) is 4. The van der Waals surface area contributed by atoms with Crippen LogP contribution in [0, 0.1) is 0 Å². The third-order valence-electron chi connectivity index (χ3n) is 3.50. The number of carbonyl (C=O) groups excluding carboxylic acids is 1. The van der Waals surface area contributed by atoms with E-state index < -0.39 is 5.60 Å². The van der Waals surface area contributed by atoms with Gasteiger partial charge >= 0.3 is 0 Å². The molecule has 0 fully saturated rings. The molecule has 0 aliphatic carbocycles. The molecule has 0 heterocycles. The second kappa shape index (κ2) is 10.2. The van der Waals surface area contributed by atoms with Crippen LogP contribution in [0.5, 0.6) is 5.75 Å². The Labute approximate surface area is 139 Å². The van der Waals surface area contributed by atoms with Crippen LogP contribution in [0.2, 0.25) is 0 Å². The van der Waals surface area contributed by atoms with E-state index in [2.05, 4.69) is 5.32 Å². The van der Waals surface area contributed by atoms with Crippen LogP contribution in [0.4, 0.5) is 5.69 Å². The molecule has 0 saturated carbocycles. The topological polar surface area (TPSA) is 56.8 Å². The molecule has 1 atom stereocenters. The van der Waals surface area contributed by atoms with Crippen molar-refractivity contribution in [2.75, 3.05) is 32.2 Å². The highest BCUT2D eigenvalue weighted by Crippen LogP contribution is 2.22. The molecule has 1 aromatic carbocycles. The first-order valence-electron chi connectivity index (χ1n) is 8.23. The predicted molar refractivity (Wildman–Crippen MR) is 92.0 cm³/mol. The number of nitrogens with one attached hydrogen (secondary N) is 1. The van der Waals surface area contributed by atoms with Gasteiger partial charge in [-0.05, 0) is 44.0 Å². The second-order valence-electron chi connectivity index (χ2n) is 5.65. The Hall–Kier alpha value is -1.59. The van der Waals surface area contributed by atoms with Gasteiger partial charge in [-0.3, -0.25) is 4.79 Å². The van der Waals surface area contributed by atoms with Crippen molar-refractivity contribution in [2.45, 2.75) is 45.6 Å². The van der Waals surface area contributed by atoms with Crippen LogP contribution in [0.25, 0.3) is 0 Å². The van der Waals surface area contributed by atoms with Crippen LogP contribution < -0.4 is 10.1 Å². The highest BCUT2D eigenvalue weighted by Gasteiger charge is 2.33. The third-order valence-corrected chi connectivity index (χ3v) is 3.50. The first-order chi connectivity index (χ1) is 11.1. The van der Waals surface area contributed by atoms with E-state index in [1.54, 1.807) is 7.11 Å². The van der Waals surface area contributed by atoms with Gasteiger partial charge in [0.05, 0.1) is 6.61 Å². The highest BCUT2D eigenvalue weighted by molar-refractivity contribution is 5.97. The number of hydrogen-bond donors (Lipinski definition) is 1. The largest absolute Gasteiger partial charge is 0.491 e. The Morgan fingerprint density at radius 1 is 1.09 bits per heavy atom. The summed E-state index contributed by atoms with van der Waals surface area (Å²) in [6.45, 7) is 7.56. The first kappa shape index (κ1) is 19.5. The van der Waals surface area contributed by atoms with Gasteiger partial charge in [-0.25, -0.2) is 0 Å². The van der Waals surface area contributed by atoms with Crippen molar-refractivity contribution in [1.82, 2.24) is 0 Å². The summed E-state index contributed by atoms with van der Waals surface area (Å²) in [5.41, 5.74) is -0.0604. The Kier molecular flexibility index (Phi) is 8.66. The molecule has 0 aliphatic rings. The average molecular weight is 323 g/mol. The monoisotopic (exact) mass is 323 g/mol. The van der Waals surface area contributed by atoms with Crippen molar-refractivity contribution in [3.63, 3.8) is 0 Å². The van der Waals surface area contributed by atoms with Crippen molar-refractivity contribution < 1.29 is 19.0 Å². The number of carbonyl (C=O) groups is 1. The van der Waals surface area contributed by atoms with Gasteiger partial charge in [0.2, 0.25) is 0 Å². The number of amides is 1. The minimum Gasteiger partial charge on any atom is -0.491 e. The smallest absolute Gasteiger partial charge is 0.256 e. The van der Waals surface area contributed by atoms with E-state index >= 15 is 0 Å². The zero-order valence-corrected chi connectivity index (χ0v) is 14.7. The van der Waals surface area contributed by atoms with Crippen molar-refractivity contribution in [1.29, 1.82) is 0 Å². The van der Waals surface area contributed by atoms with Gasteiger partial charge in [0.25, 0.3) is 5.91 Å². The van der Waals surface area contributed by atoms with Crippen LogP contribution in [-0.4, -0.2) is 38.4 Å². The summed E-state index contributed by atoms with van der Waals surface area (Å²) in [7, 11) is 1.63. The summed E-state index contributed by atoms with van der Waals surface area (Å²) < 4.78 is 16.2. The number of anilines is 1. The zero-order chi connectivity index (χ0) is 17.1. The van der Waals surface area contributed by atoms with Crippen molar-refractivity contribution >= 4 is 11.6 Å². The molecule has 1 unspecified atom stereocenters. The lowest BCUT2D eigenvalue weighted by Gasteiger charge is -2.28. The fourth-order valence-electron chi connectivity index (χ4n) is 2.20. The molecule has 5 heteroatoms. The van der Waals surface area contributed by atoms with E-state index in [9.17, 15) is 4.79 Å². The predicted octanol–water partition coefficient (Wildman–Crippen LogP) is 3.64. The molecule has 23 heavy (non-hydrogen) atoms. The average Bonchev–Trinajstić information content (AvgIpc) is 2.55. The third kappa shape index (κ3) is 6.59. The van der Waals surface area contributed by atoms with Gasteiger partial charge < -0.3 is 19.5 Å². The fourth-order valence-corrected chi connectivity index (χ4v) is 2.20. The van der Waals surface area contributed by atoms with Crippen LogP contribution >= 0.6 is 0 Å². The van der Waals surface area contributed by atoms with Crippen LogP contribution in [0.15, 0.2) is 24.3 Å². The molecule has 1 amide bonds. The molecular formula is C18H29NO4. The summed E-state index contributed by atoms with van der Waals surface area (Å²) in [5.74, 6) is 0.638. The van der Waals surface area contributed by atoms with E-state index in [0.717, 1.165) is 24.3 Å². The van der Waals surface area contributed by atoms with E-state index in [4.69, 9.17) is 14.2 Å². The summed E-state index contributed by atoms with van der Waals surface area (Å²) in [6.07, 6.45) is 2.47. The molecule has 1 N–H and O–H groups in total. The number of rotatable bonds is 11. The molecule has 0 aliphatic heterocycles. The Morgan fingerprint density at radius 2 is 1.78 bits per heavy atom. The summed E-state index contributed by atoms with van der Waals surface area (Å²) in [6, 6.07) is 7.31. The SMILES string of the molecule is CCCOC(C)(CCC)C(=O)Nc1ccc(OCCOC)cc1. The van der Waals surface area contributed by atoms with E-state index in [1.165, 1.54) is 0 Å². The van der Waals surface area contributed by atoms with Gasteiger partial charge in [-0.1, -0.05) is 20.3 Å². The lowest BCUT2D eigenvalue weighted by Crippen LogP contribution is -2.43. The van der Waals surface area contributed by atoms with Gasteiger partial charge in [0.15, 0.2) is 0 Å². The quantitative estimate of drug-likeness (QED) is 0.632. The highest BCUT2D eigenvalue weighted by atomic mass is 16.5. The van der Waals surface area contributed by atoms with Gasteiger partial charge in [0, 0.05) is 19.4 Å². The molecule has 1 aromatic rings. The van der Waals surface area contributed by atoms with Gasteiger partial charge in [-0.15, -0.1) is 0 Å². The Bertz CT molecular complexity index is 461. The van der Waals surface area contributed by atoms with Crippen molar-refractivity contribution in [3.8, 4) is 5.75 Å². The molecule has 0 spiro atoms. The Morgan fingerprint density at radius 3 is 2.35 bits per heavy atom. The number of ether oxygens (including phenoxy) is 3. The fraction of sp³-hybridized carbons (Fsp3) is 0.611. The molecule has 130 valence electrons. The molecule has 0 aromatic heterocycles. The van der Waals surface area contributed by atoms with Gasteiger partial charge in [0.1, 0.15) is 18.0 Å². The lowest BCUT2D eigenvalue weighted by atomic mass is 9.99. The number of benzene rings is 1. The van der Waals surface area contributed by atoms with Gasteiger partial charge in [-0.2, -0.15) is 0 Å². The summed E-state index contributed by atoms with van der Waals surface area (Å²) >= 11 is 0. The maximum absolute atomic E-state index is 12.5. The van der Waals surface area contributed by atoms with Crippen LogP contribution in [0.3, 0.4) is 0 Å². The lowest BCUT2D eigenvalue weighted by molar-refractivity contribution is -0.140. The summed E-state index contributed by atoms with van der Waals surface area (Å²) in [5, 5.41) is 2.93. The van der Waals surface area contributed by atoms with E-state index in [0.29, 0.717) is 26.2 Å². The molecular weight excluding hydrogens is 294 g/mol. The molecule has 0 radical (unpaired) electrons. The molecule has 1 rings (SSSR count). The number of methoxy groups -OCH3 is 1. The zero-order valence-electron chi connectivity index (χ0n) is 14.7. The minimum absolute atomic E-state index is 0.110. The normalized spacial score (nSPS) is 13.4. The Balaban J connectivity index is 2.63. The van der Waals surface area contributed by atoms with E-state index in [-0.39, 0.29) is 5.91 Å². The van der Waals surface area contributed by atoms with Crippen LogP contribution in [0.1, 0.15) is 40.0 Å². The van der Waals surface area contributed by atoms with E-state index in [1.807, 2.05) is 45.0 Å². The second-order valence-corrected chi connectivity index (χ2v) is 5.65. The first-order valence-corrected chi connectivity index (χ1v) is 8.23. The summed E-state index contributed by atoms with van der Waals surface area (Å²) in [4.78, 5) is 12.5. The molecule has 0 saturated heterocycles. The maximum Gasteiger partial charge on any atom is 0.256 e. The minimum atomic E-state index is -0.793. The molecule has 5 nitrogen and oxygen atoms in total. The van der Waals surface area contributed by atoms with Crippen molar-refractivity contribution in [2.24, 2.45) is 0 Å². The van der Waals surface area contributed by atoms with Crippen LogP contribution in [-0.2, 0) is 14.3 Å². The molecule has 0 bridgehead atoms. The maximum atomic E-state index is 12.5. The standard InChI is InChI=1S/C18H29NO4/c1-5-11-18(3,23-12-6-2)17(20)19-15-7-9-16(10-8-15)22-14-13-21-4/h7-10H,5-6,11-14H2,1-4H3,(H,19,20).